The maximum absolute atomic E-state index is 11.8. The summed E-state index contributed by atoms with van der Waals surface area (Å²) in [7, 11) is 0. The normalized spacial score (nSPS) is 12.2. The van der Waals surface area contributed by atoms with Gasteiger partial charge in [0.2, 0.25) is 5.91 Å². The number of nitrogens with one attached hydrogen (secondary N) is 2. The third kappa shape index (κ3) is 4.05. The van der Waals surface area contributed by atoms with Gasteiger partial charge in [0.15, 0.2) is 0 Å². The fourth-order valence-electron chi connectivity index (χ4n) is 2.17. The van der Waals surface area contributed by atoms with Crippen LogP contribution in [0.5, 0.6) is 0 Å². The Morgan fingerprint density at radius 1 is 1.38 bits per heavy atom. The molecule has 0 aliphatic rings. The number of rotatable bonds is 7. The number of carbonyl (C=O) groups is 2. The second-order valence-electron chi connectivity index (χ2n) is 4.95. The van der Waals surface area contributed by atoms with Crippen LogP contribution in [0.25, 0.3) is 11.0 Å². The van der Waals surface area contributed by atoms with Crippen LogP contribution in [0, 0.1) is 0 Å². The van der Waals surface area contributed by atoms with E-state index in [1.807, 2.05) is 31.2 Å². The number of hydrogen-bond donors (Lipinski definition) is 3. The van der Waals surface area contributed by atoms with Crippen LogP contribution in [-0.2, 0) is 16.0 Å². The van der Waals surface area contributed by atoms with Gasteiger partial charge in [-0.15, -0.1) is 0 Å². The van der Waals surface area contributed by atoms with Crippen molar-refractivity contribution in [1.29, 1.82) is 0 Å². The van der Waals surface area contributed by atoms with Crippen LogP contribution in [0.1, 0.15) is 32.0 Å². The van der Waals surface area contributed by atoms with Gasteiger partial charge in [-0.1, -0.05) is 25.5 Å². The van der Waals surface area contributed by atoms with E-state index in [0.29, 0.717) is 19.3 Å². The van der Waals surface area contributed by atoms with Crippen LogP contribution >= 0.6 is 0 Å². The summed E-state index contributed by atoms with van der Waals surface area (Å²) in [5, 5.41) is 11.5. The average molecular weight is 289 g/mol. The number of carboxylic acid groups (broad SMARTS) is 1. The molecule has 0 spiro atoms. The Hall–Kier alpha value is -2.37. The van der Waals surface area contributed by atoms with Crippen LogP contribution < -0.4 is 5.32 Å². The highest BCUT2D eigenvalue weighted by Crippen LogP contribution is 2.11. The first-order valence-electron chi connectivity index (χ1n) is 7.06. The number of imidazole rings is 1. The summed E-state index contributed by atoms with van der Waals surface area (Å²) in [4.78, 5) is 30.3. The molecule has 112 valence electrons. The van der Waals surface area contributed by atoms with Gasteiger partial charge in [0.25, 0.3) is 0 Å². The molecule has 3 N–H and O–H groups in total. The number of nitrogens with zero attached hydrogens (tertiary/aromatic N) is 1. The van der Waals surface area contributed by atoms with Crippen molar-refractivity contribution in [3.05, 3.63) is 30.1 Å². The van der Waals surface area contributed by atoms with Gasteiger partial charge in [0.1, 0.15) is 11.9 Å². The monoisotopic (exact) mass is 289 g/mol. The predicted molar refractivity (Wildman–Crippen MR) is 78.9 cm³/mol. The van der Waals surface area contributed by atoms with Crippen LogP contribution in [0.15, 0.2) is 24.3 Å². The van der Waals surface area contributed by atoms with Gasteiger partial charge in [-0.05, 0) is 18.6 Å². The van der Waals surface area contributed by atoms with Crippen molar-refractivity contribution in [3.63, 3.8) is 0 Å². The molecule has 0 saturated heterocycles. The van der Waals surface area contributed by atoms with Gasteiger partial charge in [0.05, 0.1) is 11.0 Å². The zero-order chi connectivity index (χ0) is 15.2. The molecule has 0 fully saturated rings. The fourth-order valence-corrected chi connectivity index (χ4v) is 2.17. The molecule has 1 atom stereocenters. The minimum absolute atomic E-state index is 0.216. The smallest absolute Gasteiger partial charge is 0.326 e. The molecule has 0 saturated carbocycles. The summed E-state index contributed by atoms with van der Waals surface area (Å²) < 4.78 is 0. The highest BCUT2D eigenvalue weighted by Gasteiger charge is 2.18. The van der Waals surface area contributed by atoms with E-state index in [-0.39, 0.29) is 12.3 Å². The maximum Gasteiger partial charge on any atom is 0.326 e. The minimum atomic E-state index is -0.992. The van der Waals surface area contributed by atoms with E-state index >= 15 is 0 Å². The van der Waals surface area contributed by atoms with Crippen molar-refractivity contribution in [1.82, 2.24) is 15.3 Å². The maximum atomic E-state index is 11.8. The number of fused-ring (bicyclic) bond motifs is 1. The summed E-state index contributed by atoms with van der Waals surface area (Å²) in [6.45, 7) is 1.89. The van der Waals surface area contributed by atoms with Crippen molar-refractivity contribution in [2.45, 2.75) is 38.6 Å². The number of amides is 1. The summed E-state index contributed by atoms with van der Waals surface area (Å²) in [5.74, 6) is -0.529. The molecule has 0 radical (unpaired) electrons. The predicted octanol–water partition coefficient (Wildman–Crippen LogP) is 1.86. The molecule has 2 rings (SSSR count). The van der Waals surface area contributed by atoms with Crippen LogP contribution in [-0.4, -0.2) is 33.0 Å². The first-order chi connectivity index (χ1) is 10.1. The van der Waals surface area contributed by atoms with Crippen LogP contribution in [0.3, 0.4) is 0 Å². The molecule has 1 unspecified atom stereocenters. The molecule has 1 aromatic carbocycles. The zero-order valence-corrected chi connectivity index (χ0v) is 11.9. The first-order valence-corrected chi connectivity index (χ1v) is 7.06. The van der Waals surface area contributed by atoms with E-state index < -0.39 is 12.0 Å². The van der Waals surface area contributed by atoms with E-state index in [1.54, 1.807) is 0 Å². The molecule has 6 nitrogen and oxygen atoms in total. The van der Waals surface area contributed by atoms with Crippen molar-refractivity contribution < 1.29 is 14.7 Å². The highest BCUT2D eigenvalue weighted by atomic mass is 16.4. The Kier molecular flexibility index (Phi) is 4.92. The Balaban J connectivity index is 1.89. The third-order valence-electron chi connectivity index (χ3n) is 3.24. The van der Waals surface area contributed by atoms with Crippen molar-refractivity contribution >= 4 is 22.9 Å². The van der Waals surface area contributed by atoms with Crippen molar-refractivity contribution in [3.8, 4) is 0 Å². The number of aromatic nitrogens is 2. The van der Waals surface area contributed by atoms with Gasteiger partial charge >= 0.3 is 5.97 Å². The molecule has 1 amide bonds. The second-order valence-corrected chi connectivity index (χ2v) is 4.95. The largest absolute Gasteiger partial charge is 0.480 e. The van der Waals surface area contributed by atoms with Crippen LogP contribution in [0.4, 0.5) is 0 Å². The molecule has 0 aliphatic carbocycles. The molecule has 6 heteroatoms. The average Bonchev–Trinajstić information content (AvgIpc) is 2.87. The summed E-state index contributed by atoms with van der Waals surface area (Å²) >= 11 is 0. The lowest BCUT2D eigenvalue weighted by molar-refractivity contribution is -0.142. The fraction of sp³-hybridized carbons (Fsp3) is 0.400. The van der Waals surface area contributed by atoms with E-state index in [4.69, 9.17) is 5.11 Å². The topological polar surface area (TPSA) is 95.1 Å². The molecule has 1 heterocycles. The van der Waals surface area contributed by atoms with Crippen LogP contribution in [0.2, 0.25) is 0 Å². The molecular formula is C15H19N3O3. The summed E-state index contributed by atoms with van der Waals surface area (Å²) in [6.07, 6.45) is 1.82. The molecular weight excluding hydrogens is 270 g/mol. The lowest BCUT2D eigenvalue weighted by Gasteiger charge is -2.12. The SMILES string of the molecule is CCCC(NC(=O)CCc1nc2ccccc2[nH]1)C(=O)O. The van der Waals surface area contributed by atoms with E-state index in [1.165, 1.54) is 0 Å². The summed E-state index contributed by atoms with van der Waals surface area (Å²) in [5.41, 5.74) is 1.80. The van der Waals surface area contributed by atoms with E-state index in [2.05, 4.69) is 15.3 Å². The van der Waals surface area contributed by atoms with E-state index in [9.17, 15) is 9.59 Å². The van der Waals surface area contributed by atoms with Gasteiger partial charge in [-0.25, -0.2) is 9.78 Å². The molecule has 21 heavy (non-hydrogen) atoms. The van der Waals surface area contributed by atoms with Crippen molar-refractivity contribution in [2.24, 2.45) is 0 Å². The number of aromatic amines is 1. The van der Waals surface area contributed by atoms with Gasteiger partial charge < -0.3 is 15.4 Å². The number of aliphatic carboxylic acids is 1. The number of hydrogen-bond acceptors (Lipinski definition) is 3. The summed E-state index contributed by atoms with van der Waals surface area (Å²) in [6, 6.07) is 6.84. The number of aryl methyl sites for hydroxylation is 1. The Labute approximate surface area is 122 Å². The number of para-hydroxylation sites is 2. The number of H-pyrrole nitrogens is 1. The number of carboxylic acids is 1. The van der Waals surface area contributed by atoms with E-state index in [0.717, 1.165) is 16.9 Å². The molecule has 2 aromatic rings. The Morgan fingerprint density at radius 2 is 2.14 bits per heavy atom. The standard InChI is InChI=1S/C15H19N3O3/c1-2-5-12(15(20)21)18-14(19)9-8-13-16-10-6-3-4-7-11(10)17-13/h3-4,6-7,12H,2,5,8-9H2,1H3,(H,16,17)(H,18,19)(H,20,21). The molecule has 1 aromatic heterocycles. The molecule has 0 aliphatic heterocycles. The zero-order valence-electron chi connectivity index (χ0n) is 11.9. The van der Waals surface area contributed by atoms with Gasteiger partial charge in [-0.3, -0.25) is 4.79 Å². The van der Waals surface area contributed by atoms with Crippen molar-refractivity contribution in [2.75, 3.05) is 0 Å². The first kappa shape index (κ1) is 15.0. The Morgan fingerprint density at radius 3 is 2.81 bits per heavy atom. The third-order valence-corrected chi connectivity index (χ3v) is 3.24. The minimum Gasteiger partial charge on any atom is -0.480 e. The number of benzene rings is 1. The van der Waals surface area contributed by atoms with Gasteiger partial charge in [0, 0.05) is 12.8 Å². The Bertz CT molecular complexity index is 603. The number of carbonyl (C=O) groups excluding carboxylic acids is 1. The quantitative estimate of drug-likeness (QED) is 0.725. The molecule has 0 bridgehead atoms. The highest BCUT2D eigenvalue weighted by molar-refractivity contribution is 5.83. The van der Waals surface area contributed by atoms with Gasteiger partial charge in [-0.2, -0.15) is 0 Å². The second kappa shape index (κ2) is 6.88. The lowest BCUT2D eigenvalue weighted by Crippen LogP contribution is -2.40. The lowest BCUT2D eigenvalue weighted by atomic mass is 10.1.